The Labute approximate surface area is 314 Å². The topological polar surface area (TPSA) is 217 Å². The molecule has 4 aliphatic carbocycles. The van der Waals surface area contributed by atoms with Crippen LogP contribution in [-0.2, 0) is 28.4 Å². The molecule has 6 aliphatic rings. The molecule has 6 rings (SSSR count). The molecule has 308 valence electrons. The fraction of sp³-hybridized carbons (Fsp3) is 1.00. The monoisotopic (exact) mass is 760 g/mol. The first-order chi connectivity index (χ1) is 25.0. The number of ether oxygens (including phenoxy) is 6. The highest BCUT2D eigenvalue weighted by molar-refractivity contribution is 5.21. The van der Waals surface area contributed by atoms with E-state index in [9.17, 15) is 40.9 Å². The van der Waals surface area contributed by atoms with Gasteiger partial charge in [-0.25, -0.2) is 0 Å². The third kappa shape index (κ3) is 7.17. The van der Waals surface area contributed by atoms with Gasteiger partial charge >= 0.3 is 0 Å². The van der Waals surface area contributed by atoms with E-state index in [-0.39, 0.29) is 42.8 Å². The molecular weight excluding hydrogens is 692 g/mol. The van der Waals surface area contributed by atoms with Gasteiger partial charge in [0.05, 0.1) is 49.3 Å². The van der Waals surface area contributed by atoms with E-state index >= 15 is 0 Å². The fourth-order valence-electron chi connectivity index (χ4n) is 12.5. The zero-order valence-corrected chi connectivity index (χ0v) is 32.6. The molecule has 8 N–H and O–H groups in total. The Bertz CT molecular complexity index is 1230. The minimum Gasteiger partial charge on any atom is -0.394 e. The van der Waals surface area contributed by atoms with Gasteiger partial charge in [-0.2, -0.15) is 0 Å². The van der Waals surface area contributed by atoms with Gasteiger partial charge < -0.3 is 69.3 Å². The van der Waals surface area contributed by atoms with Gasteiger partial charge in [0.2, 0.25) is 0 Å². The van der Waals surface area contributed by atoms with Crippen molar-refractivity contribution < 1.29 is 69.3 Å². The maximum atomic E-state index is 12.9. The summed E-state index contributed by atoms with van der Waals surface area (Å²) in [5.74, 6) is -0.923. The highest BCUT2D eigenvalue weighted by Gasteiger charge is 2.72. The molecule has 0 aromatic heterocycles. The summed E-state index contributed by atoms with van der Waals surface area (Å²) in [6, 6.07) is 0. The molecule has 4 saturated carbocycles. The first-order valence-corrected chi connectivity index (χ1v) is 20.0. The number of rotatable bonds is 12. The highest BCUT2D eigenvalue weighted by Crippen LogP contribution is 2.70. The Balaban J connectivity index is 1.14. The number of methoxy groups -OCH3 is 2. The van der Waals surface area contributed by atoms with Crippen molar-refractivity contribution in [2.24, 2.45) is 46.3 Å². The second-order valence-electron chi connectivity index (χ2n) is 18.3. The average Bonchev–Trinajstić information content (AvgIpc) is 3.54. The SMILES string of the molecule is CO[C@H]1[C@H](O[C@H]2CC[C@@]3(C)[C@H]([C@H]2O)[C@H](O)C[C@]2(O)[C@@H]3CC[C@]3(C)[C@@H]([C@H](C)CC[C@H](O[C@H]4O[C@H](CO)[C@@H](O)[C@@H]4O)C(C)C)C[C@H](O)[C@H]32)OC[C@@H](OC)[C@@H]1O. The van der Waals surface area contributed by atoms with E-state index in [1.165, 1.54) is 14.2 Å². The summed E-state index contributed by atoms with van der Waals surface area (Å²) in [6.07, 6.45) is -6.97. The molecule has 0 unspecified atom stereocenters. The van der Waals surface area contributed by atoms with Gasteiger partial charge in [-0.3, -0.25) is 0 Å². The van der Waals surface area contributed by atoms with E-state index in [2.05, 4.69) is 20.8 Å². The molecule has 2 heterocycles. The Morgan fingerprint density at radius 2 is 1.49 bits per heavy atom. The molecule has 2 saturated heterocycles. The lowest BCUT2D eigenvalue weighted by Gasteiger charge is -2.66. The van der Waals surface area contributed by atoms with E-state index in [1.54, 1.807) is 0 Å². The molecule has 14 nitrogen and oxygen atoms in total. The quantitative estimate of drug-likeness (QED) is 0.129. The molecule has 21 atom stereocenters. The van der Waals surface area contributed by atoms with Crippen LogP contribution in [0.5, 0.6) is 0 Å². The number of fused-ring (bicyclic) bond motifs is 5. The van der Waals surface area contributed by atoms with Crippen LogP contribution in [0.1, 0.15) is 86.0 Å². The van der Waals surface area contributed by atoms with E-state index in [1.807, 2.05) is 13.8 Å². The van der Waals surface area contributed by atoms with Crippen molar-refractivity contribution in [2.45, 2.75) is 171 Å². The zero-order chi connectivity index (χ0) is 38.8. The van der Waals surface area contributed by atoms with Crippen LogP contribution in [0.4, 0.5) is 0 Å². The van der Waals surface area contributed by atoms with Crippen molar-refractivity contribution >= 4 is 0 Å². The van der Waals surface area contributed by atoms with Gasteiger partial charge in [0.25, 0.3) is 0 Å². The summed E-state index contributed by atoms with van der Waals surface area (Å²) in [4.78, 5) is 0. The minimum atomic E-state index is -1.34. The van der Waals surface area contributed by atoms with Gasteiger partial charge in [0.15, 0.2) is 12.6 Å². The molecule has 0 amide bonds. The Morgan fingerprint density at radius 1 is 0.792 bits per heavy atom. The van der Waals surface area contributed by atoms with Gasteiger partial charge in [0.1, 0.15) is 36.6 Å². The van der Waals surface area contributed by atoms with Gasteiger partial charge in [-0.05, 0) is 79.4 Å². The molecule has 0 bridgehead atoms. The largest absolute Gasteiger partial charge is 0.394 e. The van der Waals surface area contributed by atoms with Crippen molar-refractivity contribution in [1.29, 1.82) is 0 Å². The lowest BCUT2D eigenvalue weighted by molar-refractivity contribution is -0.321. The standard InChI is InChI=1S/C39H68O14/c1-18(2)23(51-35-32(46)30(44)25(16-40)53-35)9-8-19(3)20-14-21(41)34-37(20,4)13-11-27-38(5)12-10-24(29(43)28(38)22(42)15-39(27,34)47)52-36-33(49-7)31(45)26(48-6)17-50-36/h18-36,40-47H,8-17H2,1-7H3/t19-,20-,21+,22-,23+,24+,25-,26-,27-,28+,29+,30-,31+,32+,33-,34-,35+,36+,37-,38-,39+/m1/s1. The van der Waals surface area contributed by atoms with E-state index in [4.69, 9.17) is 28.4 Å². The number of aliphatic hydroxyl groups is 8. The second kappa shape index (κ2) is 16.0. The van der Waals surface area contributed by atoms with Crippen LogP contribution in [0.2, 0.25) is 0 Å². The van der Waals surface area contributed by atoms with Gasteiger partial charge in [-0.1, -0.05) is 34.6 Å². The predicted octanol–water partition coefficient (Wildman–Crippen LogP) is 0.702. The van der Waals surface area contributed by atoms with E-state index < -0.39 is 108 Å². The average molecular weight is 761 g/mol. The number of hydrogen-bond acceptors (Lipinski definition) is 14. The molecule has 6 fully saturated rings. The smallest absolute Gasteiger partial charge is 0.186 e. The predicted molar refractivity (Wildman–Crippen MR) is 189 cm³/mol. The van der Waals surface area contributed by atoms with Crippen LogP contribution >= 0.6 is 0 Å². The van der Waals surface area contributed by atoms with Crippen molar-refractivity contribution in [2.75, 3.05) is 27.4 Å². The maximum Gasteiger partial charge on any atom is 0.186 e. The summed E-state index contributed by atoms with van der Waals surface area (Å²) in [5.41, 5.74) is -2.35. The molecule has 0 radical (unpaired) electrons. The summed E-state index contributed by atoms with van der Waals surface area (Å²) < 4.78 is 34.8. The lowest BCUT2D eigenvalue weighted by atomic mass is 9.41. The fourth-order valence-corrected chi connectivity index (χ4v) is 12.5. The molecule has 0 spiro atoms. The molecule has 2 aliphatic heterocycles. The highest BCUT2D eigenvalue weighted by atomic mass is 16.7. The summed E-state index contributed by atoms with van der Waals surface area (Å²) in [6.45, 7) is 10.2. The number of hydrogen-bond donors (Lipinski definition) is 8. The Kier molecular flexibility index (Phi) is 12.7. The molecule has 53 heavy (non-hydrogen) atoms. The minimum absolute atomic E-state index is 0.0443. The van der Waals surface area contributed by atoms with Crippen LogP contribution in [0.3, 0.4) is 0 Å². The molecule has 0 aromatic carbocycles. The van der Waals surface area contributed by atoms with E-state index in [0.29, 0.717) is 32.1 Å². The molecular formula is C39H68O14. The summed E-state index contributed by atoms with van der Waals surface area (Å²) >= 11 is 0. The van der Waals surface area contributed by atoms with Crippen molar-refractivity contribution in [3.63, 3.8) is 0 Å². The van der Waals surface area contributed by atoms with E-state index in [0.717, 1.165) is 12.8 Å². The van der Waals surface area contributed by atoms with Crippen molar-refractivity contribution in [3.8, 4) is 0 Å². The van der Waals surface area contributed by atoms with Gasteiger partial charge in [-0.15, -0.1) is 0 Å². The summed E-state index contributed by atoms with van der Waals surface area (Å²) in [5, 5.41) is 89.4. The van der Waals surface area contributed by atoms with Crippen molar-refractivity contribution in [3.05, 3.63) is 0 Å². The van der Waals surface area contributed by atoms with Crippen molar-refractivity contribution in [1.82, 2.24) is 0 Å². The number of aliphatic hydroxyl groups excluding tert-OH is 7. The molecule has 14 heteroatoms. The maximum absolute atomic E-state index is 12.9. The third-order valence-corrected chi connectivity index (χ3v) is 15.2. The first-order valence-electron chi connectivity index (χ1n) is 20.0. The Morgan fingerprint density at radius 3 is 2.11 bits per heavy atom. The van der Waals surface area contributed by atoms with Gasteiger partial charge in [0, 0.05) is 32.5 Å². The Hall–Kier alpha value is -0.560. The third-order valence-electron chi connectivity index (χ3n) is 15.2. The first kappa shape index (κ1) is 42.1. The molecule has 0 aromatic rings. The zero-order valence-electron chi connectivity index (χ0n) is 32.6. The second-order valence-corrected chi connectivity index (χ2v) is 18.3. The van der Waals surface area contributed by atoms with Crippen LogP contribution in [0, 0.1) is 46.3 Å². The van der Waals surface area contributed by atoms with Crippen LogP contribution in [-0.4, -0.2) is 154 Å². The van der Waals surface area contributed by atoms with Crippen LogP contribution in [0.15, 0.2) is 0 Å². The van der Waals surface area contributed by atoms with Crippen LogP contribution < -0.4 is 0 Å². The normalized spacial score (nSPS) is 52.5. The van der Waals surface area contributed by atoms with Crippen LogP contribution in [0.25, 0.3) is 0 Å². The summed E-state index contributed by atoms with van der Waals surface area (Å²) in [7, 11) is 2.95. The lowest BCUT2D eigenvalue weighted by Crippen LogP contribution is -2.71.